The van der Waals surface area contributed by atoms with E-state index >= 15 is 0 Å². The Morgan fingerprint density at radius 2 is 1.94 bits per heavy atom. The summed E-state index contributed by atoms with van der Waals surface area (Å²) >= 11 is 0. The molecule has 0 spiro atoms. The van der Waals surface area contributed by atoms with Crippen molar-refractivity contribution in [1.82, 2.24) is 9.88 Å². The van der Waals surface area contributed by atoms with E-state index in [1.165, 1.54) is 37.1 Å². The number of hydrogen-bond donors (Lipinski definition) is 0. The van der Waals surface area contributed by atoms with Crippen molar-refractivity contribution >= 4 is 30.4 Å². The number of ether oxygens (including phenoxy) is 1. The minimum atomic E-state index is 0. The number of rotatable bonds is 2. The van der Waals surface area contributed by atoms with Crippen LogP contribution in [0.3, 0.4) is 0 Å². The molecule has 1 saturated heterocycles. The maximum atomic E-state index is 5.08. The predicted molar refractivity (Wildman–Crippen MR) is 77.6 cm³/mol. The summed E-state index contributed by atoms with van der Waals surface area (Å²) in [5.41, 5.74) is 2.70. The number of halogens is 2. The van der Waals surface area contributed by atoms with Crippen molar-refractivity contribution in [3.8, 4) is 5.88 Å². The van der Waals surface area contributed by atoms with Gasteiger partial charge in [-0.1, -0.05) is 0 Å². The largest absolute Gasteiger partial charge is 0.481 e. The van der Waals surface area contributed by atoms with Crippen LogP contribution in [0.15, 0.2) is 24.5 Å². The Kier molecular flexibility index (Phi) is 5.29. The monoisotopic (exact) mass is 288 g/mol. The SMILES string of the molecule is COc1ccc(C2=CN3CCC2CC3)cn1.Cl.Cl. The molecule has 5 heteroatoms. The molecule has 0 aromatic carbocycles. The number of pyridine rings is 1. The molecule has 18 heavy (non-hydrogen) atoms. The summed E-state index contributed by atoms with van der Waals surface area (Å²) in [5, 5.41) is 0. The summed E-state index contributed by atoms with van der Waals surface area (Å²) in [6.07, 6.45) is 6.81. The lowest BCUT2D eigenvalue weighted by Crippen LogP contribution is -2.35. The van der Waals surface area contributed by atoms with Crippen LogP contribution in [0.2, 0.25) is 0 Å². The van der Waals surface area contributed by atoms with Crippen molar-refractivity contribution < 1.29 is 4.74 Å². The molecular formula is C13H18Cl2N2O. The molecule has 4 heterocycles. The van der Waals surface area contributed by atoms with Gasteiger partial charge in [0, 0.05) is 31.6 Å². The number of aromatic nitrogens is 1. The quantitative estimate of drug-likeness (QED) is 0.837. The smallest absolute Gasteiger partial charge is 0.212 e. The number of fused-ring (bicyclic) bond motifs is 2. The van der Waals surface area contributed by atoms with Crippen molar-refractivity contribution in [3.05, 3.63) is 30.1 Å². The van der Waals surface area contributed by atoms with Gasteiger partial charge in [0.1, 0.15) is 0 Å². The van der Waals surface area contributed by atoms with Gasteiger partial charge >= 0.3 is 0 Å². The van der Waals surface area contributed by atoms with Gasteiger partial charge in [-0.15, -0.1) is 24.8 Å². The van der Waals surface area contributed by atoms with Gasteiger partial charge in [-0.05, 0) is 36.0 Å². The lowest BCUT2D eigenvalue weighted by molar-refractivity contribution is 0.252. The fourth-order valence-corrected chi connectivity index (χ4v) is 2.62. The molecule has 0 amide bonds. The highest BCUT2D eigenvalue weighted by atomic mass is 35.5. The average Bonchev–Trinajstić information content (AvgIpc) is 2.40. The van der Waals surface area contributed by atoms with Crippen molar-refractivity contribution in [3.63, 3.8) is 0 Å². The van der Waals surface area contributed by atoms with Crippen LogP contribution in [-0.2, 0) is 0 Å². The summed E-state index contributed by atoms with van der Waals surface area (Å²) < 4.78 is 5.08. The van der Waals surface area contributed by atoms with Gasteiger partial charge in [0.25, 0.3) is 0 Å². The van der Waals surface area contributed by atoms with Crippen molar-refractivity contribution in [2.75, 3.05) is 20.2 Å². The van der Waals surface area contributed by atoms with Gasteiger partial charge < -0.3 is 9.64 Å². The number of hydrogen-bond acceptors (Lipinski definition) is 3. The number of methoxy groups -OCH3 is 1. The molecule has 4 rings (SSSR count). The first-order valence-corrected chi connectivity index (χ1v) is 5.83. The second-order valence-electron chi connectivity index (χ2n) is 4.48. The molecule has 3 aliphatic rings. The first-order valence-electron chi connectivity index (χ1n) is 5.83. The highest BCUT2D eigenvalue weighted by Crippen LogP contribution is 2.37. The molecule has 2 bridgehead atoms. The summed E-state index contributed by atoms with van der Waals surface area (Å²) in [4.78, 5) is 6.69. The van der Waals surface area contributed by atoms with Crippen LogP contribution in [0.1, 0.15) is 18.4 Å². The Morgan fingerprint density at radius 3 is 2.39 bits per heavy atom. The zero-order valence-corrected chi connectivity index (χ0v) is 12.0. The van der Waals surface area contributed by atoms with Crippen LogP contribution in [0.4, 0.5) is 0 Å². The van der Waals surface area contributed by atoms with E-state index in [0.29, 0.717) is 5.88 Å². The van der Waals surface area contributed by atoms with Gasteiger partial charge in [-0.2, -0.15) is 0 Å². The van der Waals surface area contributed by atoms with E-state index in [9.17, 15) is 0 Å². The first kappa shape index (κ1) is 15.1. The highest BCUT2D eigenvalue weighted by Gasteiger charge is 2.27. The standard InChI is InChI=1S/C13H16N2O.2ClH/c1-16-13-3-2-11(8-14-13)12-9-15-6-4-10(12)5-7-15;;/h2-3,8-10H,4-7H2,1H3;2*1H. The van der Waals surface area contributed by atoms with Gasteiger partial charge in [-0.3, -0.25) is 0 Å². The van der Waals surface area contributed by atoms with E-state index in [0.717, 1.165) is 5.92 Å². The Labute approximate surface area is 120 Å². The number of allylic oxidation sites excluding steroid dienone is 1. The van der Waals surface area contributed by atoms with Crippen molar-refractivity contribution in [1.29, 1.82) is 0 Å². The van der Waals surface area contributed by atoms with Crippen LogP contribution in [0, 0.1) is 5.92 Å². The van der Waals surface area contributed by atoms with E-state index in [2.05, 4.69) is 22.2 Å². The lowest BCUT2D eigenvalue weighted by atomic mass is 9.83. The van der Waals surface area contributed by atoms with Crippen molar-refractivity contribution in [2.45, 2.75) is 12.8 Å². The van der Waals surface area contributed by atoms with Crippen LogP contribution in [0.25, 0.3) is 5.57 Å². The second kappa shape index (κ2) is 6.30. The predicted octanol–water partition coefficient (Wildman–Crippen LogP) is 3.00. The Morgan fingerprint density at radius 1 is 1.22 bits per heavy atom. The molecule has 0 aliphatic carbocycles. The Bertz CT molecular complexity index is 412. The summed E-state index contributed by atoms with van der Waals surface area (Å²) in [7, 11) is 1.65. The van der Waals surface area contributed by atoms with Crippen LogP contribution < -0.4 is 4.74 Å². The molecule has 0 atom stereocenters. The van der Waals surface area contributed by atoms with Crippen LogP contribution in [0.5, 0.6) is 5.88 Å². The Balaban J connectivity index is 0.000000810. The molecule has 1 aromatic rings. The Hall–Kier alpha value is -0.930. The summed E-state index contributed by atoms with van der Waals surface area (Å²) in [6.45, 7) is 2.44. The molecule has 100 valence electrons. The zero-order chi connectivity index (χ0) is 11.0. The van der Waals surface area contributed by atoms with E-state index in [-0.39, 0.29) is 24.8 Å². The minimum Gasteiger partial charge on any atom is -0.481 e. The molecule has 0 saturated carbocycles. The van der Waals surface area contributed by atoms with Crippen LogP contribution in [-0.4, -0.2) is 30.1 Å². The fourth-order valence-electron chi connectivity index (χ4n) is 2.62. The minimum absolute atomic E-state index is 0. The van der Waals surface area contributed by atoms with E-state index in [1.807, 2.05) is 12.3 Å². The maximum absolute atomic E-state index is 5.08. The highest BCUT2D eigenvalue weighted by molar-refractivity contribution is 5.85. The van der Waals surface area contributed by atoms with E-state index in [1.54, 1.807) is 7.11 Å². The van der Waals surface area contributed by atoms with E-state index < -0.39 is 0 Å². The molecule has 0 unspecified atom stereocenters. The number of nitrogens with zero attached hydrogens (tertiary/aromatic N) is 2. The normalized spacial score (nSPS) is 17.6. The summed E-state index contributed by atoms with van der Waals surface area (Å²) in [5.74, 6) is 1.42. The fraction of sp³-hybridized carbons (Fsp3) is 0.462. The molecule has 3 nitrogen and oxygen atoms in total. The molecule has 3 aliphatic heterocycles. The first-order chi connectivity index (χ1) is 7.86. The topological polar surface area (TPSA) is 25.4 Å². The molecule has 0 N–H and O–H groups in total. The van der Waals surface area contributed by atoms with Crippen LogP contribution >= 0.6 is 24.8 Å². The van der Waals surface area contributed by atoms with Gasteiger partial charge in [0.2, 0.25) is 5.88 Å². The van der Waals surface area contributed by atoms with Gasteiger partial charge in [0.05, 0.1) is 7.11 Å². The lowest BCUT2D eigenvalue weighted by Gasteiger charge is -2.39. The molecule has 1 fully saturated rings. The number of piperidine rings is 1. The third-order valence-electron chi connectivity index (χ3n) is 3.57. The van der Waals surface area contributed by atoms with Crippen molar-refractivity contribution in [2.24, 2.45) is 5.92 Å². The maximum Gasteiger partial charge on any atom is 0.212 e. The molecule has 0 radical (unpaired) electrons. The zero-order valence-electron chi connectivity index (χ0n) is 10.3. The second-order valence-corrected chi connectivity index (χ2v) is 4.48. The van der Waals surface area contributed by atoms with Gasteiger partial charge in [-0.25, -0.2) is 4.98 Å². The average molecular weight is 289 g/mol. The third kappa shape index (κ3) is 2.73. The molecule has 1 aromatic heterocycles. The van der Waals surface area contributed by atoms with E-state index in [4.69, 9.17) is 4.74 Å². The summed E-state index contributed by atoms with van der Waals surface area (Å²) in [6, 6.07) is 4.05. The molecular weight excluding hydrogens is 271 g/mol. The third-order valence-corrected chi connectivity index (χ3v) is 3.57. The van der Waals surface area contributed by atoms with Gasteiger partial charge in [0.15, 0.2) is 0 Å².